The quantitative estimate of drug-likeness (QED) is 0.0386. The van der Waals surface area contributed by atoms with Gasteiger partial charge in [0.1, 0.15) is 0 Å². The molecule has 2 aromatic rings. The first kappa shape index (κ1) is 54.9. The van der Waals surface area contributed by atoms with Crippen LogP contribution in [0.1, 0.15) is 219 Å². The minimum atomic E-state index is -3.80. The molecule has 0 aromatic heterocycles. The number of nitrogens with two attached hydrogens (primary N) is 2. The van der Waals surface area contributed by atoms with Gasteiger partial charge >= 0.3 is 0 Å². The molecule has 6 N–H and O–H groups in total. The highest BCUT2D eigenvalue weighted by Crippen LogP contribution is 2.17. The third kappa shape index (κ3) is 30.0. The van der Waals surface area contributed by atoms with Crippen molar-refractivity contribution in [2.75, 3.05) is 11.5 Å². The van der Waals surface area contributed by atoms with E-state index in [-0.39, 0.29) is 22.6 Å². The third-order valence-electron chi connectivity index (χ3n) is 10.9. The number of sulfonamides is 2. The summed E-state index contributed by atoms with van der Waals surface area (Å²) in [7, 11) is -7.60. The fourth-order valence-corrected chi connectivity index (χ4v) is 9.16. The van der Waals surface area contributed by atoms with Gasteiger partial charge in [0.25, 0.3) is 20.0 Å². The van der Waals surface area contributed by atoms with Gasteiger partial charge in [0.05, 0.1) is 9.79 Å². The molecule has 0 fully saturated rings. The van der Waals surface area contributed by atoms with E-state index in [0.29, 0.717) is 11.4 Å². The molecule has 0 aliphatic rings. The Morgan fingerprint density at radius 3 is 0.783 bits per heavy atom. The predicted octanol–water partition coefficient (Wildman–Crippen LogP) is 12.7. The van der Waals surface area contributed by atoms with E-state index in [1.165, 1.54) is 203 Å². The number of nitrogen functional groups attached to an aromatic ring is 2. The van der Waals surface area contributed by atoms with Gasteiger partial charge in [-0.2, -0.15) is 0 Å². The van der Waals surface area contributed by atoms with Crippen LogP contribution in [0.2, 0.25) is 0 Å². The molecule has 60 heavy (non-hydrogen) atoms. The fraction of sp³-hybridized carbons (Fsp3) is 0.708. The van der Waals surface area contributed by atoms with Crippen molar-refractivity contribution < 1.29 is 26.4 Å². The maximum absolute atomic E-state index is 12.1. The zero-order valence-electron chi connectivity index (χ0n) is 37.7. The average molecular weight is 877 g/mol. The van der Waals surface area contributed by atoms with Crippen LogP contribution in [-0.2, 0) is 29.6 Å². The van der Waals surface area contributed by atoms with E-state index in [1.54, 1.807) is 0 Å². The summed E-state index contributed by atoms with van der Waals surface area (Å²) < 4.78 is 52.8. The Morgan fingerprint density at radius 2 is 0.567 bits per heavy atom. The van der Waals surface area contributed by atoms with Crippen LogP contribution in [0.5, 0.6) is 0 Å². The van der Waals surface area contributed by atoms with Gasteiger partial charge in [0.15, 0.2) is 0 Å². The maximum atomic E-state index is 12.1. The van der Waals surface area contributed by atoms with Gasteiger partial charge in [-0.1, -0.05) is 194 Å². The van der Waals surface area contributed by atoms with Crippen LogP contribution >= 0.6 is 0 Å². The predicted molar refractivity (Wildman–Crippen MR) is 251 cm³/mol. The summed E-state index contributed by atoms with van der Waals surface area (Å²) in [6, 6.07) is 11.6. The topological polar surface area (TPSA) is 179 Å². The van der Waals surface area contributed by atoms with Gasteiger partial charge in [-0.15, -0.1) is 0 Å². The summed E-state index contributed by atoms with van der Waals surface area (Å²) in [4.78, 5) is 23.9. The third-order valence-corrected chi connectivity index (χ3v) is 13.7. The molecule has 2 aromatic carbocycles. The first-order valence-electron chi connectivity index (χ1n) is 23.7. The summed E-state index contributed by atoms with van der Waals surface area (Å²) in [6.07, 6.45) is 38.3. The van der Waals surface area contributed by atoms with Gasteiger partial charge in [-0.25, -0.2) is 26.3 Å². The van der Waals surface area contributed by atoms with Crippen molar-refractivity contribution in [3.8, 4) is 0 Å². The second-order valence-corrected chi connectivity index (χ2v) is 20.0. The minimum absolute atomic E-state index is 0.0570. The van der Waals surface area contributed by atoms with Crippen LogP contribution in [-0.4, -0.2) is 28.6 Å². The zero-order valence-corrected chi connectivity index (χ0v) is 39.3. The van der Waals surface area contributed by atoms with Crippen molar-refractivity contribution in [1.29, 1.82) is 0 Å². The molecule has 0 saturated heterocycles. The van der Waals surface area contributed by atoms with E-state index in [9.17, 15) is 26.4 Å². The Morgan fingerprint density at radius 1 is 0.367 bits per heavy atom. The molecule has 0 saturated carbocycles. The molecule has 344 valence electrons. The van der Waals surface area contributed by atoms with Crippen LogP contribution < -0.4 is 20.9 Å². The number of amides is 2. The Balaban J connectivity index is 0.000000600. The molecule has 2 amide bonds. The summed E-state index contributed by atoms with van der Waals surface area (Å²) >= 11 is 0. The SMILES string of the molecule is CCCCCCCCCCCCCCCCCC(=O)NS(=O)(=O)c1ccc(N)cc1.CCCCCCCCCCCCCCCCCC(=O)NS(=O)(=O)c1ccc(N)cc1. The first-order valence-corrected chi connectivity index (χ1v) is 26.7. The largest absolute Gasteiger partial charge is 0.399 e. The highest BCUT2D eigenvalue weighted by Gasteiger charge is 2.18. The zero-order chi connectivity index (χ0) is 44.2. The van der Waals surface area contributed by atoms with E-state index in [2.05, 4.69) is 23.3 Å². The Kier molecular flexibility index (Phi) is 32.5. The van der Waals surface area contributed by atoms with Crippen molar-refractivity contribution >= 4 is 43.2 Å². The Labute approximate surface area is 366 Å². The number of hydrogen-bond acceptors (Lipinski definition) is 8. The average Bonchev–Trinajstić information content (AvgIpc) is 3.21. The molecule has 0 aliphatic heterocycles. The molecule has 10 nitrogen and oxygen atoms in total. The number of hydrogen-bond donors (Lipinski definition) is 4. The van der Waals surface area contributed by atoms with Gasteiger partial charge in [-0.05, 0) is 61.4 Å². The summed E-state index contributed by atoms with van der Waals surface area (Å²) in [5.74, 6) is -0.886. The highest BCUT2D eigenvalue weighted by atomic mass is 32.2. The Hall–Kier alpha value is -3.12. The molecule has 0 unspecified atom stereocenters. The fourth-order valence-electron chi connectivity index (χ4n) is 7.13. The number of anilines is 2. The normalized spacial score (nSPS) is 11.5. The van der Waals surface area contributed by atoms with E-state index >= 15 is 0 Å². The number of benzene rings is 2. The Bertz CT molecular complexity index is 1460. The van der Waals surface area contributed by atoms with Crippen molar-refractivity contribution in [1.82, 2.24) is 9.44 Å². The van der Waals surface area contributed by atoms with Crippen molar-refractivity contribution in [3.05, 3.63) is 48.5 Å². The lowest BCUT2D eigenvalue weighted by Crippen LogP contribution is -2.30. The highest BCUT2D eigenvalue weighted by molar-refractivity contribution is 7.90. The summed E-state index contributed by atoms with van der Waals surface area (Å²) in [5, 5.41) is 0. The molecule has 0 radical (unpaired) electrons. The number of rotatable bonds is 36. The molecule has 12 heteroatoms. The summed E-state index contributed by atoms with van der Waals surface area (Å²) in [6.45, 7) is 4.52. The van der Waals surface area contributed by atoms with Crippen LogP contribution in [0.3, 0.4) is 0 Å². The van der Waals surface area contributed by atoms with Gasteiger partial charge < -0.3 is 11.5 Å². The van der Waals surface area contributed by atoms with Crippen molar-refractivity contribution in [3.63, 3.8) is 0 Å². The molecule has 0 heterocycles. The molecule has 0 spiro atoms. The van der Waals surface area contributed by atoms with E-state index < -0.39 is 31.9 Å². The number of carbonyl (C=O) groups is 2. The lowest BCUT2D eigenvalue weighted by atomic mass is 10.0. The second-order valence-electron chi connectivity index (χ2n) is 16.6. The standard InChI is InChI=1S/2C24H42N2O3S/c2*1-2-3-4-5-6-7-8-9-10-11-12-13-14-15-16-17-24(27)26-30(28,29)23-20-18-22(25)19-21-23/h2*18-21H,2-17,25H2,1H3,(H,26,27). The molecular formula is C48H84N4O6S2. The van der Waals surface area contributed by atoms with Gasteiger partial charge in [0.2, 0.25) is 11.8 Å². The van der Waals surface area contributed by atoms with Gasteiger partial charge in [0, 0.05) is 24.2 Å². The van der Waals surface area contributed by atoms with E-state index in [0.717, 1.165) is 38.5 Å². The smallest absolute Gasteiger partial charge is 0.264 e. The van der Waals surface area contributed by atoms with Crippen LogP contribution in [0.4, 0.5) is 11.4 Å². The summed E-state index contributed by atoms with van der Waals surface area (Å²) in [5.41, 5.74) is 12.1. The van der Waals surface area contributed by atoms with Crippen LogP contribution in [0.25, 0.3) is 0 Å². The van der Waals surface area contributed by atoms with Crippen molar-refractivity contribution in [2.45, 2.75) is 229 Å². The lowest BCUT2D eigenvalue weighted by molar-refractivity contribution is -0.120. The number of unbranched alkanes of at least 4 members (excludes halogenated alkanes) is 28. The number of carbonyl (C=O) groups excluding carboxylic acids is 2. The molecule has 0 bridgehead atoms. The molecule has 2 rings (SSSR count). The van der Waals surface area contributed by atoms with Gasteiger partial charge in [-0.3, -0.25) is 9.59 Å². The first-order chi connectivity index (χ1) is 28.9. The second kappa shape index (κ2) is 35.5. The van der Waals surface area contributed by atoms with Crippen LogP contribution in [0, 0.1) is 0 Å². The number of nitrogens with one attached hydrogen (secondary N) is 2. The van der Waals surface area contributed by atoms with Crippen molar-refractivity contribution in [2.24, 2.45) is 0 Å². The lowest BCUT2D eigenvalue weighted by Gasteiger charge is -2.07. The minimum Gasteiger partial charge on any atom is -0.399 e. The van der Waals surface area contributed by atoms with E-state index in [4.69, 9.17) is 11.5 Å². The molecule has 0 aliphatic carbocycles. The van der Waals surface area contributed by atoms with Crippen LogP contribution in [0.15, 0.2) is 58.3 Å². The monoisotopic (exact) mass is 877 g/mol. The molecule has 0 atom stereocenters. The van der Waals surface area contributed by atoms with E-state index in [1.807, 2.05) is 0 Å². The molecular weight excluding hydrogens is 793 g/mol. The maximum Gasteiger partial charge on any atom is 0.264 e.